The molecular formula is C20H21N7O. The zero-order valence-electron chi connectivity index (χ0n) is 15.6. The molecule has 0 bridgehead atoms. The molecule has 0 aliphatic rings. The van der Waals surface area contributed by atoms with Crippen LogP contribution >= 0.6 is 0 Å². The Kier molecular flexibility index (Phi) is 5.37. The number of pyridine rings is 1. The van der Waals surface area contributed by atoms with Crippen LogP contribution in [0.2, 0.25) is 0 Å². The van der Waals surface area contributed by atoms with Crippen LogP contribution in [-0.4, -0.2) is 30.1 Å². The highest BCUT2D eigenvalue weighted by atomic mass is 16.5. The number of aromatic nitrogens is 6. The number of anilines is 1. The fourth-order valence-electron chi connectivity index (χ4n) is 2.87. The van der Waals surface area contributed by atoms with Gasteiger partial charge in [0, 0.05) is 43.2 Å². The van der Waals surface area contributed by atoms with E-state index in [0.29, 0.717) is 11.7 Å². The van der Waals surface area contributed by atoms with Crippen LogP contribution in [-0.2, 0) is 19.5 Å². The molecule has 8 heteroatoms. The molecule has 1 aromatic carbocycles. The van der Waals surface area contributed by atoms with Gasteiger partial charge in [-0.3, -0.25) is 9.67 Å². The topological polar surface area (TPSA) is 94.6 Å². The summed E-state index contributed by atoms with van der Waals surface area (Å²) >= 11 is 0. The van der Waals surface area contributed by atoms with Crippen molar-refractivity contribution in [3.8, 4) is 11.3 Å². The molecule has 0 amide bonds. The van der Waals surface area contributed by atoms with Crippen molar-refractivity contribution in [2.45, 2.75) is 32.9 Å². The molecule has 8 nitrogen and oxygen atoms in total. The van der Waals surface area contributed by atoms with E-state index in [-0.39, 0.29) is 0 Å². The Bertz CT molecular complexity index is 1030. The minimum atomic E-state index is 0.658. The minimum absolute atomic E-state index is 0.658. The van der Waals surface area contributed by atoms with Gasteiger partial charge in [0.05, 0.1) is 6.20 Å². The molecule has 0 radical (unpaired) electrons. The largest absolute Gasteiger partial charge is 0.381 e. The summed E-state index contributed by atoms with van der Waals surface area (Å²) in [5.74, 6) is 1.32. The predicted octanol–water partition coefficient (Wildman–Crippen LogP) is 3.28. The lowest BCUT2D eigenvalue weighted by Crippen LogP contribution is -2.00. The van der Waals surface area contributed by atoms with Crippen LogP contribution in [0.5, 0.6) is 0 Å². The van der Waals surface area contributed by atoms with Gasteiger partial charge in [0.15, 0.2) is 5.82 Å². The number of nitrogens with one attached hydrogen (secondary N) is 1. The molecule has 4 rings (SSSR count). The molecule has 0 saturated carbocycles. The van der Waals surface area contributed by atoms with Gasteiger partial charge in [0.25, 0.3) is 0 Å². The smallest absolute Gasteiger partial charge is 0.226 e. The average molecular weight is 375 g/mol. The summed E-state index contributed by atoms with van der Waals surface area (Å²) in [7, 11) is 0. The van der Waals surface area contributed by atoms with Crippen molar-refractivity contribution < 1.29 is 4.52 Å². The van der Waals surface area contributed by atoms with Gasteiger partial charge in [-0.25, -0.2) is 0 Å². The average Bonchev–Trinajstić information content (AvgIpc) is 3.37. The SMILES string of the molecule is Cc1noc(CCCn2cc(-c3cccc(NCc4ccncc4)c3)nn2)n1. The van der Waals surface area contributed by atoms with Crippen LogP contribution in [0.4, 0.5) is 5.69 Å². The highest BCUT2D eigenvalue weighted by Crippen LogP contribution is 2.21. The zero-order valence-corrected chi connectivity index (χ0v) is 15.6. The maximum absolute atomic E-state index is 5.13. The molecule has 28 heavy (non-hydrogen) atoms. The molecule has 0 fully saturated rings. The normalized spacial score (nSPS) is 10.9. The second-order valence-corrected chi connectivity index (χ2v) is 6.50. The standard InChI is InChI=1S/C20H21N7O/c1-15-23-20(28-25-15)6-3-11-27-14-19(24-26-27)17-4-2-5-18(12-17)22-13-16-7-9-21-10-8-16/h2,4-5,7-10,12,14,22H,3,6,11,13H2,1H3. The van der Waals surface area contributed by atoms with Gasteiger partial charge in [0.2, 0.25) is 5.89 Å². The van der Waals surface area contributed by atoms with Crippen LogP contribution in [0.3, 0.4) is 0 Å². The van der Waals surface area contributed by atoms with Crippen molar-refractivity contribution >= 4 is 5.69 Å². The molecule has 0 spiro atoms. The number of aryl methyl sites for hydroxylation is 3. The fourth-order valence-corrected chi connectivity index (χ4v) is 2.87. The van der Waals surface area contributed by atoms with Gasteiger partial charge < -0.3 is 9.84 Å². The van der Waals surface area contributed by atoms with E-state index in [1.54, 1.807) is 12.4 Å². The van der Waals surface area contributed by atoms with Crippen LogP contribution in [0.25, 0.3) is 11.3 Å². The molecular weight excluding hydrogens is 354 g/mol. The van der Waals surface area contributed by atoms with Crippen LogP contribution < -0.4 is 5.32 Å². The van der Waals surface area contributed by atoms with Crippen LogP contribution in [0, 0.1) is 6.92 Å². The highest BCUT2D eigenvalue weighted by Gasteiger charge is 2.07. The van der Waals surface area contributed by atoms with E-state index in [1.807, 2.05) is 48.1 Å². The first kappa shape index (κ1) is 17.8. The third-order valence-electron chi connectivity index (χ3n) is 4.29. The van der Waals surface area contributed by atoms with E-state index >= 15 is 0 Å². The molecule has 0 unspecified atom stereocenters. The van der Waals surface area contributed by atoms with E-state index < -0.39 is 0 Å². The van der Waals surface area contributed by atoms with Crippen molar-refractivity contribution in [3.05, 3.63) is 72.3 Å². The Morgan fingerprint density at radius 1 is 1.14 bits per heavy atom. The molecule has 0 atom stereocenters. The maximum atomic E-state index is 5.13. The summed E-state index contributed by atoms with van der Waals surface area (Å²) < 4.78 is 6.97. The number of hydrogen-bond acceptors (Lipinski definition) is 7. The summed E-state index contributed by atoms with van der Waals surface area (Å²) in [4.78, 5) is 8.25. The molecule has 0 saturated heterocycles. The van der Waals surface area contributed by atoms with Gasteiger partial charge in [-0.2, -0.15) is 4.98 Å². The minimum Gasteiger partial charge on any atom is -0.381 e. The quantitative estimate of drug-likeness (QED) is 0.505. The molecule has 0 aliphatic carbocycles. The van der Waals surface area contributed by atoms with Crippen molar-refractivity contribution in [1.29, 1.82) is 0 Å². The number of rotatable bonds is 8. The van der Waals surface area contributed by atoms with Gasteiger partial charge >= 0.3 is 0 Å². The first-order chi connectivity index (χ1) is 13.8. The lowest BCUT2D eigenvalue weighted by atomic mass is 10.1. The second kappa shape index (κ2) is 8.43. The van der Waals surface area contributed by atoms with Crippen molar-refractivity contribution in [1.82, 2.24) is 30.1 Å². The third-order valence-corrected chi connectivity index (χ3v) is 4.29. The Morgan fingerprint density at radius 2 is 2.04 bits per heavy atom. The van der Waals surface area contributed by atoms with E-state index in [4.69, 9.17) is 4.52 Å². The van der Waals surface area contributed by atoms with E-state index in [2.05, 4.69) is 36.8 Å². The summed E-state index contributed by atoms with van der Waals surface area (Å²) in [6.07, 6.45) is 7.14. The molecule has 3 heterocycles. The van der Waals surface area contributed by atoms with E-state index in [1.165, 1.54) is 5.56 Å². The molecule has 3 aromatic heterocycles. The Hall–Kier alpha value is -3.55. The first-order valence-electron chi connectivity index (χ1n) is 9.19. The summed E-state index contributed by atoms with van der Waals surface area (Å²) in [5, 5.41) is 15.8. The Balaban J connectivity index is 1.35. The Morgan fingerprint density at radius 3 is 2.86 bits per heavy atom. The molecule has 1 N–H and O–H groups in total. The first-order valence-corrected chi connectivity index (χ1v) is 9.19. The molecule has 0 aliphatic heterocycles. The monoisotopic (exact) mass is 375 g/mol. The summed E-state index contributed by atoms with van der Waals surface area (Å²) in [6, 6.07) is 12.2. The van der Waals surface area contributed by atoms with Gasteiger partial charge in [-0.15, -0.1) is 5.10 Å². The van der Waals surface area contributed by atoms with Crippen molar-refractivity contribution in [2.75, 3.05) is 5.32 Å². The zero-order chi connectivity index (χ0) is 19.2. The fraction of sp³-hybridized carbons (Fsp3) is 0.250. The van der Waals surface area contributed by atoms with Crippen LogP contribution in [0.1, 0.15) is 23.7 Å². The molecule has 4 aromatic rings. The van der Waals surface area contributed by atoms with Gasteiger partial charge in [-0.1, -0.05) is 22.5 Å². The van der Waals surface area contributed by atoms with Crippen molar-refractivity contribution in [3.63, 3.8) is 0 Å². The summed E-state index contributed by atoms with van der Waals surface area (Å²) in [6.45, 7) is 3.30. The lowest BCUT2D eigenvalue weighted by Gasteiger charge is -2.07. The third kappa shape index (κ3) is 4.59. The van der Waals surface area contributed by atoms with Gasteiger partial charge in [0.1, 0.15) is 5.69 Å². The van der Waals surface area contributed by atoms with Crippen LogP contribution in [0.15, 0.2) is 59.5 Å². The number of hydrogen-bond donors (Lipinski definition) is 1. The Labute approximate surface area is 162 Å². The number of nitrogens with zero attached hydrogens (tertiary/aromatic N) is 6. The van der Waals surface area contributed by atoms with E-state index in [9.17, 15) is 0 Å². The summed E-state index contributed by atoms with van der Waals surface area (Å²) in [5.41, 5.74) is 4.10. The molecule has 142 valence electrons. The second-order valence-electron chi connectivity index (χ2n) is 6.50. The van der Waals surface area contributed by atoms with E-state index in [0.717, 1.165) is 42.9 Å². The highest BCUT2D eigenvalue weighted by molar-refractivity contribution is 5.64. The lowest BCUT2D eigenvalue weighted by molar-refractivity contribution is 0.367. The predicted molar refractivity (Wildman–Crippen MR) is 104 cm³/mol. The number of benzene rings is 1. The maximum Gasteiger partial charge on any atom is 0.226 e. The van der Waals surface area contributed by atoms with Crippen molar-refractivity contribution in [2.24, 2.45) is 0 Å². The van der Waals surface area contributed by atoms with Gasteiger partial charge in [-0.05, 0) is 43.2 Å².